The molecule has 0 aliphatic heterocycles. The molecule has 0 rings (SSSR count). The fourth-order valence-electron chi connectivity index (χ4n) is 1.84. The molecule has 0 amide bonds. The van der Waals surface area contributed by atoms with Crippen LogP contribution in [0, 0.1) is 11.3 Å². The van der Waals surface area contributed by atoms with E-state index < -0.39 is 0 Å². The molecule has 1 atom stereocenters. The second-order valence-electron chi connectivity index (χ2n) is 6.46. The Morgan fingerprint density at radius 2 is 1.75 bits per heavy atom. The summed E-state index contributed by atoms with van der Waals surface area (Å²) in [4.78, 5) is 2.20. The van der Waals surface area contributed by atoms with E-state index in [4.69, 9.17) is 0 Å². The van der Waals surface area contributed by atoms with Gasteiger partial charge in [-0.15, -0.1) is 0 Å². The Morgan fingerprint density at radius 1 is 1.19 bits per heavy atom. The molecule has 3 nitrogen and oxygen atoms in total. The molecular formula is C13H30N2O. The predicted octanol–water partition coefficient (Wildman–Crippen LogP) is 1.57. The minimum Gasteiger partial charge on any atom is -0.390 e. The number of nitrogens with one attached hydrogen (secondary N) is 1. The first-order valence-corrected chi connectivity index (χ1v) is 6.28. The Balaban J connectivity index is 3.66. The van der Waals surface area contributed by atoms with Crippen molar-refractivity contribution in [2.24, 2.45) is 11.3 Å². The van der Waals surface area contributed by atoms with Gasteiger partial charge in [0.25, 0.3) is 0 Å². The van der Waals surface area contributed by atoms with E-state index in [2.05, 4.69) is 51.9 Å². The lowest BCUT2D eigenvalue weighted by Crippen LogP contribution is -2.40. The van der Waals surface area contributed by atoms with Gasteiger partial charge in [-0.05, 0) is 24.9 Å². The van der Waals surface area contributed by atoms with Gasteiger partial charge in [-0.2, -0.15) is 0 Å². The number of nitrogens with zero attached hydrogens (tertiary/aromatic N) is 1. The Morgan fingerprint density at radius 3 is 2.19 bits per heavy atom. The molecule has 0 aromatic carbocycles. The van der Waals surface area contributed by atoms with E-state index in [1.165, 1.54) is 0 Å². The molecule has 0 bridgehead atoms. The van der Waals surface area contributed by atoms with Crippen molar-refractivity contribution in [3.63, 3.8) is 0 Å². The van der Waals surface area contributed by atoms with Crippen LogP contribution in [-0.4, -0.2) is 49.3 Å². The predicted molar refractivity (Wildman–Crippen MR) is 70.7 cm³/mol. The highest BCUT2D eigenvalue weighted by molar-refractivity contribution is 4.70. The summed E-state index contributed by atoms with van der Waals surface area (Å²) in [6, 6.07) is 0. The zero-order chi connectivity index (χ0) is 12.8. The quantitative estimate of drug-likeness (QED) is 0.697. The molecule has 1 unspecified atom stereocenters. The second kappa shape index (κ2) is 7.25. The van der Waals surface area contributed by atoms with E-state index in [0.717, 1.165) is 19.6 Å². The van der Waals surface area contributed by atoms with Crippen LogP contribution in [-0.2, 0) is 0 Å². The van der Waals surface area contributed by atoms with E-state index in [0.29, 0.717) is 17.9 Å². The number of aliphatic hydroxyl groups excluding tert-OH is 1. The third-order valence-corrected chi connectivity index (χ3v) is 2.20. The lowest BCUT2D eigenvalue weighted by atomic mass is 9.96. The smallest absolute Gasteiger partial charge is 0.0791 e. The largest absolute Gasteiger partial charge is 0.390 e. The van der Waals surface area contributed by atoms with Crippen molar-refractivity contribution < 1.29 is 5.11 Å². The van der Waals surface area contributed by atoms with Gasteiger partial charge in [0.1, 0.15) is 0 Å². The lowest BCUT2D eigenvalue weighted by molar-refractivity contribution is 0.106. The van der Waals surface area contributed by atoms with Crippen molar-refractivity contribution in [2.45, 2.75) is 40.7 Å². The maximum absolute atomic E-state index is 9.83. The molecule has 0 aromatic heterocycles. The Hall–Kier alpha value is -0.120. The minimum atomic E-state index is -0.272. The molecule has 3 heteroatoms. The standard InChI is InChI=1S/C13H30N2O/c1-11(2)7-14-8-12(16)9-15(6)10-13(3,4)5/h11-12,14,16H,7-10H2,1-6H3. The molecule has 0 spiro atoms. The van der Waals surface area contributed by atoms with Crippen LogP contribution < -0.4 is 5.32 Å². The van der Waals surface area contributed by atoms with Crippen LogP contribution in [0.15, 0.2) is 0 Å². The highest BCUT2D eigenvalue weighted by atomic mass is 16.3. The molecule has 0 aliphatic rings. The number of hydrogen-bond acceptors (Lipinski definition) is 3. The third-order valence-electron chi connectivity index (χ3n) is 2.20. The molecule has 16 heavy (non-hydrogen) atoms. The van der Waals surface area contributed by atoms with Gasteiger partial charge in [0, 0.05) is 19.6 Å². The highest BCUT2D eigenvalue weighted by Gasteiger charge is 2.15. The van der Waals surface area contributed by atoms with Crippen LogP contribution in [0.1, 0.15) is 34.6 Å². The van der Waals surface area contributed by atoms with Gasteiger partial charge in [-0.3, -0.25) is 0 Å². The average Bonchev–Trinajstić information content (AvgIpc) is 1.98. The van der Waals surface area contributed by atoms with E-state index in [1.807, 2.05) is 0 Å². The molecule has 98 valence electrons. The lowest BCUT2D eigenvalue weighted by Gasteiger charge is -2.28. The minimum absolute atomic E-state index is 0.272. The fraction of sp³-hybridized carbons (Fsp3) is 1.00. The van der Waals surface area contributed by atoms with Crippen molar-refractivity contribution in [2.75, 3.05) is 33.2 Å². The van der Waals surface area contributed by atoms with Crippen molar-refractivity contribution in [3.05, 3.63) is 0 Å². The number of rotatable bonds is 7. The molecule has 0 saturated carbocycles. The number of hydrogen-bond donors (Lipinski definition) is 2. The maximum Gasteiger partial charge on any atom is 0.0791 e. The zero-order valence-electron chi connectivity index (χ0n) is 11.9. The molecule has 0 saturated heterocycles. The van der Waals surface area contributed by atoms with Gasteiger partial charge in [0.05, 0.1) is 6.10 Å². The second-order valence-corrected chi connectivity index (χ2v) is 6.46. The van der Waals surface area contributed by atoms with Crippen LogP contribution in [0.2, 0.25) is 0 Å². The van der Waals surface area contributed by atoms with Gasteiger partial charge in [-0.25, -0.2) is 0 Å². The van der Waals surface area contributed by atoms with Crippen molar-refractivity contribution in [3.8, 4) is 0 Å². The van der Waals surface area contributed by atoms with Crippen LogP contribution in [0.5, 0.6) is 0 Å². The first kappa shape index (κ1) is 15.9. The highest BCUT2D eigenvalue weighted by Crippen LogP contribution is 2.13. The summed E-state index contributed by atoms with van der Waals surface area (Å²) in [5.74, 6) is 0.638. The van der Waals surface area contributed by atoms with Gasteiger partial charge in [0.2, 0.25) is 0 Å². The van der Waals surface area contributed by atoms with E-state index in [1.54, 1.807) is 0 Å². The summed E-state index contributed by atoms with van der Waals surface area (Å²) in [6.45, 7) is 14.4. The molecule has 0 aliphatic carbocycles. The van der Waals surface area contributed by atoms with Crippen LogP contribution in [0.25, 0.3) is 0 Å². The molecule has 0 radical (unpaired) electrons. The number of aliphatic hydroxyl groups is 1. The molecule has 0 fully saturated rings. The van der Waals surface area contributed by atoms with Crippen molar-refractivity contribution in [1.29, 1.82) is 0 Å². The normalized spacial score (nSPS) is 14.8. The number of likely N-dealkylation sites (N-methyl/N-ethyl adjacent to an activating group) is 1. The van der Waals surface area contributed by atoms with E-state index >= 15 is 0 Å². The monoisotopic (exact) mass is 230 g/mol. The van der Waals surface area contributed by atoms with Gasteiger partial charge >= 0.3 is 0 Å². The third kappa shape index (κ3) is 10.4. The Kier molecular flexibility index (Phi) is 7.20. The van der Waals surface area contributed by atoms with Crippen LogP contribution in [0.3, 0.4) is 0 Å². The summed E-state index contributed by atoms with van der Waals surface area (Å²) >= 11 is 0. The molecule has 0 aromatic rings. The summed E-state index contributed by atoms with van der Waals surface area (Å²) < 4.78 is 0. The van der Waals surface area contributed by atoms with E-state index in [9.17, 15) is 5.11 Å². The first-order chi connectivity index (χ1) is 7.20. The molecule has 0 heterocycles. The van der Waals surface area contributed by atoms with Crippen LogP contribution >= 0.6 is 0 Å². The SMILES string of the molecule is CC(C)CNCC(O)CN(C)CC(C)(C)C. The Labute approximate surface area is 101 Å². The topological polar surface area (TPSA) is 35.5 Å². The summed E-state index contributed by atoms with van der Waals surface area (Å²) in [5, 5.41) is 13.1. The van der Waals surface area contributed by atoms with E-state index in [-0.39, 0.29) is 6.10 Å². The summed E-state index contributed by atoms with van der Waals surface area (Å²) in [6.07, 6.45) is -0.272. The average molecular weight is 230 g/mol. The molecule has 2 N–H and O–H groups in total. The van der Waals surface area contributed by atoms with Gasteiger partial charge in [-0.1, -0.05) is 34.6 Å². The summed E-state index contributed by atoms with van der Waals surface area (Å²) in [5.41, 5.74) is 0.291. The molecular weight excluding hydrogens is 200 g/mol. The van der Waals surface area contributed by atoms with Crippen molar-refractivity contribution in [1.82, 2.24) is 10.2 Å². The maximum atomic E-state index is 9.83. The van der Waals surface area contributed by atoms with Crippen LogP contribution in [0.4, 0.5) is 0 Å². The fourth-order valence-corrected chi connectivity index (χ4v) is 1.84. The Bertz CT molecular complexity index is 175. The first-order valence-electron chi connectivity index (χ1n) is 6.28. The van der Waals surface area contributed by atoms with Gasteiger partial charge < -0.3 is 15.3 Å². The zero-order valence-corrected chi connectivity index (χ0v) is 11.9. The van der Waals surface area contributed by atoms with Crippen molar-refractivity contribution >= 4 is 0 Å². The summed E-state index contributed by atoms with van der Waals surface area (Å²) in [7, 11) is 2.07. The van der Waals surface area contributed by atoms with Gasteiger partial charge in [0.15, 0.2) is 0 Å².